The summed E-state index contributed by atoms with van der Waals surface area (Å²) >= 11 is 0. The van der Waals surface area contributed by atoms with Gasteiger partial charge in [-0.15, -0.1) is 5.10 Å². The fourth-order valence-corrected chi connectivity index (χ4v) is 3.99. The number of H-pyrrole nitrogens is 1. The number of nitrogens with zero attached hydrogens (tertiary/aromatic N) is 8. The molecule has 2 aromatic carbocycles. The highest BCUT2D eigenvalue weighted by molar-refractivity contribution is 5.89. The molecular formula is C22H18N10O. The van der Waals surface area contributed by atoms with Crippen LogP contribution in [0.4, 0.5) is 5.82 Å². The van der Waals surface area contributed by atoms with E-state index in [1.54, 1.807) is 9.08 Å². The number of para-hydroxylation sites is 2. The van der Waals surface area contributed by atoms with Crippen LogP contribution in [-0.2, 0) is 13.1 Å². The van der Waals surface area contributed by atoms with Gasteiger partial charge in [0.2, 0.25) is 0 Å². The second-order valence-corrected chi connectivity index (χ2v) is 7.67. The number of aryl methyl sites for hydroxylation is 1. The van der Waals surface area contributed by atoms with Gasteiger partial charge in [0.05, 0.1) is 35.2 Å². The molecule has 11 heteroatoms. The van der Waals surface area contributed by atoms with Gasteiger partial charge in [-0.1, -0.05) is 24.3 Å². The zero-order valence-corrected chi connectivity index (χ0v) is 17.6. The molecule has 162 valence electrons. The van der Waals surface area contributed by atoms with Gasteiger partial charge in [0.15, 0.2) is 11.6 Å². The van der Waals surface area contributed by atoms with E-state index in [1.807, 2.05) is 61.5 Å². The average Bonchev–Trinajstić information content (AvgIpc) is 3.50. The van der Waals surface area contributed by atoms with E-state index in [4.69, 9.17) is 9.97 Å². The summed E-state index contributed by atoms with van der Waals surface area (Å²) in [5.74, 6) is 1.73. The smallest absolute Gasteiger partial charge is 0.262 e. The van der Waals surface area contributed by atoms with E-state index in [1.165, 1.54) is 0 Å². The highest BCUT2D eigenvalue weighted by atomic mass is 16.1. The maximum atomic E-state index is 13.4. The van der Waals surface area contributed by atoms with Crippen molar-refractivity contribution in [3.05, 3.63) is 82.3 Å². The van der Waals surface area contributed by atoms with Gasteiger partial charge in [0.1, 0.15) is 11.5 Å². The molecule has 0 aliphatic heterocycles. The fourth-order valence-electron chi connectivity index (χ4n) is 3.99. The molecule has 33 heavy (non-hydrogen) atoms. The predicted octanol–water partition coefficient (Wildman–Crippen LogP) is 2.07. The Labute approximate surface area is 186 Å². The van der Waals surface area contributed by atoms with Gasteiger partial charge in [-0.05, 0) is 41.6 Å². The van der Waals surface area contributed by atoms with Crippen LogP contribution < -0.4 is 10.9 Å². The molecule has 4 heterocycles. The minimum Gasteiger partial charge on any atom is -0.362 e. The number of nitrogens with one attached hydrogen (secondary N) is 2. The van der Waals surface area contributed by atoms with Crippen LogP contribution in [-0.4, -0.2) is 44.8 Å². The largest absolute Gasteiger partial charge is 0.362 e. The van der Waals surface area contributed by atoms with Gasteiger partial charge in [-0.3, -0.25) is 9.36 Å². The number of hydrogen-bond acceptors (Lipinski definition) is 8. The lowest BCUT2D eigenvalue weighted by Crippen LogP contribution is -2.24. The Morgan fingerprint density at radius 3 is 2.70 bits per heavy atom. The number of tetrazole rings is 1. The average molecular weight is 438 g/mol. The first kappa shape index (κ1) is 19.0. The molecule has 6 aromatic rings. The number of aromatic amines is 1. The summed E-state index contributed by atoms with van der Waals surface area (Å²) in [6.07, 6.45) is 0. The van der Waals surface area contributed by atoms with Crippen molar-refractivity contribution in [2.24, 2.45) is 0 Å². The first-order valence-electron chi connectivity index (χ1n) is 10.4. The molecule has 0 unspecified atom stereocenters. The molecule has 0 radical (unpaired) electrons. The summed E-state index contributed by atoms with van der Waals surface area (Å²) in [5, 5.41) is 23.1. The lowest BCUT2D eigenvalue weighted by Gasteiger charge is -2.13. The molecule has 0 fully saturated rings. The van der Waals surface area contributed by atoms with Crippen molar-refractivity contribution in [3.63, 3.8) is 0 Å². The molecule has 2 N–H and O–H groups in total. The van der Waals surface area contributed by atoms with Gasteiger partial charge in [0.25, 0.3) is 5.56 Å². The highest BCUT2D eigenvalue weighted by Crippen LogP contribution is 2.21. The molecule has 0 saturated carbocycles. The zero-order valence-electron chi connectivity index (χ0n) is 17.6. The van der Waals surface area contributed by atoms with Gasteiger partial charge in [-0.2, -0.15) is 5.10 Å². The maximum Gasteiger partial charge on any atom is 0.262 e. The second-order valence-electron chi connectivity index (χ2n) is 7.67. The van der Waals surface area contributed by atoms with Crippen molar-refractivity contribution >= 4 is 33.3 Å². The number of hydrogen-bond donors (Lipinski definition) is 2. The SMILES string of the molecule is Cc1cc2n(Cc3nc(NCc4nnn[nH]4)c4ccccc4n3)c(=O)c3ccccc3n2n1. The maximum absolute atomic E-state index is 13.4. The summed E-state index contributed by atoms with van der Waals surface area (Å²) in [7, 11) is 0. The first-order valence-corrected chi connectivity index (χ1v) is 10.4. The third kappa shape index (κ3) is 3.26. The molecule has 4 aromatic heterocycles. The number of fused-ring (bicyclic) bond motifs is 4. The summed E-state index contributed by atoms with van der Waals surface area (Å²) in [4.78, 5) is 22.9. The Kier molecular flexibility index (Phi) is 4.32. The lowest BCUT2D eigenvalue weighted by molar-refractivity contribution is 0.728. The standard InChI is InChI=1S/C22H18N10O/c1-13-10-20-31(22(33)15-7-3-5-9-17(15)32(20)28-13)12-19-24-16-8-4-2-6-14(16)21(25-19)23-11-18-26-29-30-27-18/h2-10H,11-12H2,1H3,(H,23,24,25)(H,26,27,29,30). The van der Waals surface area contributed by atoms with E-state index in [2.05, 4.69) is 31.0 Å². The number of aromatic nitrogens is 9. The minimum atomic E-state index is -0.114. The van der Waals surface area contributed by atoms with Crippen LogP contribution in [0.3, 0.4) is 0 Å². The van der Waals surface area contributed by atoms with E-state index in [-0.39, 0.29) is 12.1 Å². The number of rotatable bonds is 5. The van der Waals surface area contributed by atoms with E-state index < -0.39 is 0 Å². The minimum absolute atomic E-state index is 0.114. The quantitative estimate of drug-likeness (QED) is 0.418. The van der Waals surface area contributed by atoms with Crippen LogP contribution in [0.2, 0.25) is 0 Å². The topological polar surface area (TPSA) is 132 Å². The van der Waals surface area contributed by atoms with E-state index in [9.17, 15) is 4.79 Å². The molecule has 0 aliphatic carbocycles. The van der Waals surface area contributed by atoms with Crippen molar-refractivity contribution in [2.75, 3.05) is 5.32 Å². The normalized spacial score (nSPS) is 11.5. The van der Waals surface area contributed by atoms with Gasteiger partial charge in [-0.25, -0.2) is 19.6 Å². The Bertz CT molecular complexity index is 1680. The van der Waals surface area contributed by atoms with Crippen LogP contribution in [0.25, 0.3) is 27.5 Å². The Morgan fingerprint density at radius 2 is 1.85 bits per heavy atom. The molecule has 0 aliphatic rings. The van der Waals surface area contributed by atoms with Crippen LogP contribution in [0.5, 0.6) is 0 Å². The Hall–Kier alpha value is -4.67. The van der Waals surface area contributed by atoms with Gasteiger partial charge in [0, 0.05) is 11.5 Å². The fraction of sp³-hybridized carbons (Fsp3) is 0.136. The third-order valence-electron chi connectivity index (χ3n) is 5.46. The molecular weight excluding hydrogens is 420 g/mol. The van der Waals surface area contributed by atoms with Crippen LogP contribution in [0.1, 0.15) is 17.3 Å². The summed E-state index contributed by atoms with van der Waals surface area (Å²) < 4.78 is 3.46. The van der Waals surface area contributed by atoms with Crippen LogP contribution in [0.15, 0.2) is 59.4 Å². The second kappa shape index (κ2) is 7.48. The van der Waals surface area contributed by atoms with Crippen molar-refractivity contribution < 1.29 is 0 Å². The summed E-state index contributed by atoms with van der Waals surface area (Å²) in [6.45, 7) is 2.47. The lowest BCUT2D eigenvalue weighted by atomic mass is 10.2. The molecule has 0 saturated heterocycles. The predicted molar refractivity (Wildman–Crippen MR) is 122 cm³/mol. The molecule has 0 amide bonds. The van der Waals surface area contributed by atoms with E-state index in [0.29, 0.717) is 35.0 Å². The number of anilines is 1. The molecule has 6 rings (SSSR count). The van der Waals surface area contributed by atoms with E-state index in [0.717, 1.165) is 22.1 Å². The van der Waals surface area contributed by atoms with Gasteiger partial charge >= 0.3 is 0 Å². The van der Waals surface area contributed by atoms with Crippen LogP contribution >= 0.6 is 0 Å². The highest BCUT2D eigenvalue weighted by Gasteiger charge is 2.15. The van der Waals surface area contributed by atoms with E-state index >= 15 is 0 Å². The first-order chi connectivity index (χ1) is 16.2. The van der Waals surface area contributed by atoms with Gasteiger partial charge < -0.3 is 5.32 Å². The molecule has 0 spiro atoms. The monoisotopic (exact) mass is 438 g/mol. The summed E-state index contributed by atoms with van der Waals surface area (Å²) in [5.41, 5.74) is 2.94. The molecule has 11 nitrogen and oxygen atoms in total. The molecule has 0 atom stereocenters. The Morgan fingerprint density at radius 1 is 1.03 bits per heavy atom. The van der Waals surface area contributed by atoms with Crippen molar-refractivity contribution in [3.8, 4) is 0 Å². The van der Waals surface area contributed by atoms with Crippen molar-refractivity contribution in [2.45, 2.75) is 20.0 Å². The Balaban J connectivity index is 1.49. The zero-order chi connectivity index (χ0) is 22.4. The van der Waals surface area contributed by atoms with Crippen molar-refractivity contribution in [1.82, 2.24) is 44.8 Å². The summed E-state index contributed by atoms with van der Waals surface area (Å²) in [6, 6.07) is 17.1. The molecule has 0 bridgehead atoms. The van der Waals surface area contributed by atoms with Crippen molar-refractivity contribution in [1.29, 1.82) is 0 Å². The number of benzene rings is 2. The third-order valence-corrected chi connectivity index (χ3v) is 5.46. The van der Waals surface area contributed by atoms with Crippen LogP contribution in [0, 0.1) is 6.92 Å².